The number of sulfone groups is 1. The average Bonchev–Trinajstić information content (AvgIpc) is 2.98. The summed E-state index contributed by atoms with van der Waals surface area (Å²) in [5, 5.41) is 9.38. The molecule has 4 aromatic rings. The lowest BCUT2D eigenvalue weighted by Crippen LogP contribution is -2.06. The monoisotopic (exact) mass is 392 g/mol. The fourth-order valence-electron chi connectivity index (χ4n) is 2.58. The Morgan fingerprint density at radius 2 is 1.80 bits per heavy atom. The zero-order chi connectivity index (χ0) is 17.6. The van der Waals surface area contributed by atoms with Crippen molar-refractivity contribution in [3.63, 3.8) is 0 Å². The number of halogens is 2. The Bertz CT molecular complexity index is 1210. The molecule has 0 radical (unpaired) electrons. The van der Waals surface area contributed by atoms with Crippen LogP contribution in [0.2, 0.25) is 10.2 Å². The first-order valence-corrected chi connectivity index (χ1v) is 9.63. The molecular weight excluding hydrogens is 383 g/mol. The van der Waals surface area contributed by atoms with Crippen molar-refractivity contribution >= 4 is 49.6 Å². The third-order valence-corrected chi connectivity index (χ3v) is 5.92. The van der Waals surface area contributed by atoms with Crippen LogP contribution < -0.4 is 0 Å². The predicted molar refractivity (Wildman–Crippen MR) is 95.6 cm³/mol. The topological polar surface area (TPSA) is 77.2 Å². The Balaban J connectivity index is 1.87. The van der Waals surface area contributed by atoms with E-state index >= 15 is 0 Å². The molecule has 25 heavy (non-hydrogen) atoms. The SMILES string of the molecule is O=S(=O)(Cc1nnn2c1nc(Cl)c1cc(Cl)ccc12)c1ccccc1. The van der Waals surface area contributed by atoms with Gasteiger partial charge in [-0.15, -0.1) is 5.10 Å². The maximum absolute atomic E-state index is 12.6. The van der Waals surface area contributed by atoms with Gasteiger partial charge in [-0.25, -0.2) is 13.4 Å². The molecule has 4 rings (SSSR count). The molecule has 0 atom stereocenters. The maximum atomic E-state index is 12.6. The number of fused-ring (bicyclic) bond motifs is 3. The molecule has 2 aromatic carbocycles. The van der Waals surface area contributed by atoms with Crippen molar-refractivity contribution in [1.29, 1.82) is 0 Å². The van der Waals surface area contributed by atoms with E-state index in [0.717, 1.165) is 0 Å². The van der Waals surface area contributed by atoms with Gasteiger partial charge in [0.2, 0.25) is 0 Å². The van der Waals surface area contributed by atoms with Gasteiger partial charge in [-0.3, -0.25) is 0 Å². The first-order chi connectivity index (χ1) is 12.0. The number of rotatable bonds is 3. The van der Waals surface area contributed by atoms with E-state index in [2.05, 4.69) is 15.3 Å². The Hall–Kier alpha value is -2.22. The van der Waals surface area contributed by atoms with Crippen LogP contribution in [0.25, 0.3) is 16.6 Å². The summed E-state index contributed by atoms with van der Waals surface area (Å²) >= 11 is 12.2. The first kappa shape index (κ1) is 16.3. The van der Waals surface area contributed by atoms with Crippen molar-refractivity contribution in [2.45, 2.75) is 10.6 Å². The summed E-state index contributed by atoms with van der Waals surface area (Å²) in [5.74, 6) is -0.317. The predicted octanol–water partition coefficient (Wildman–Crippen LogP) is 3.56. The number of benzene rings is 2. The van der Waals surface area contributed by atoms with E-state index in [1.165, 1.54) is 4.52 Å². The molecule has 0 saturated carbocycles. The normalized spacial score (nSPS) is 12.1. The van der Waals surface area contributed by atoms with E-state index < -0.39 is 9.84 Å². The number of nitrogens with zero attached hydrogens (tertiary/aromatic N) is 4. The quantitative estimate of drug-likeness (QED) is 0.498. The molecule has 9 heteroatoms. The van der Waals surface area contributed by atoms with Crippen molar-refractivity contribution in [3.05, 3.63) is 64.4 Å². The Labute approximate surface area is 152 Å². The smallest absolute Gasteiger partial charge is 0.184 e. The highest BCUT2D eigenvalue weighted by molar-refractivity contribution is 7.90. The van der Waals surface area contributed by atoms with E-state index in [1.54, 1.807) is 48.5 Å². The molecule has 6 nitrogen and oxygen atoms in total. The average molecular weight is 393 g/mol. The standard InChI is InChI=1S/C16H10Cl2N4O2S/c17-10-6-7-14-12(8-10)15(18)19-16-13(20-21-22(14)16)9-25(23,24)11-4-2-1-3-5-11/h1-8H,9H2. The summed E-state index contributed by atoms with van der Waals surface area (Å²) in [6.07, 6.45) is 0. The number of aromatic nitrogens is 4. The lowest BCUT2D eigenvalue weighted by atomic mass is 10.2. The number of hydrogen-bond donors (Lipinski definition) is 0. The zero-order valence-corrected chi connectivity index (χ0v) is 14.9. The highest BCUT2D eigenvalue weighted by Crippen LogP contribution is 2.27. The minimum absolute atomic E-state index is 0.214. The van der Waals surface area contributed by atoms with Gasteiger partial charge >= 0.3 is 0 Å². The summed E-state index contributed by atoms with van der Waals surface area (Å²) in [7, 11) is -3.57. The van der Waals surface area contributed by atoms with E-state index in [1.807, 2.05) is 0 Å². The van der Waals surface area contributed by atoms with Crippen LogP contribution in [0, 0.1) is 0 Å². The largest absolute Gasteiger partial charge is 0.223 e. The Morgan fingerprint density at radius 1 is 1.04 bits per heavy atom. The first-order valence-electron chi connectivity index (χ1n) is 7.22. The van der Waals surface area contributed by atoms with Crippen LogP contribution in [0.15, 0.2) is 53.4 Å². The van der Waals surface area contributed by atoms with Crippen LogP contribution in [0.5, 0.6) is 0 Å². The minimum atomic E-state index is -3.57. The molecule has 0 unspecified atom stereocenters. The molecule has 0 N–H and O–H groups in total. The molecule has 0 amide bonds. The molecule has 0 bridgehead atoms. The van der Waals surface area contributed by atoms with Crippen LogP contribution in [-0.4, -0.2) is 28.2 Å². The van der Waals surface area contributed by atoms with Gasteiger partial charge in [0.1, 0.15) is 16.6 Å². The number of hydrogen-bond acceptors (Lipinski definition) is 5. The van der Waals surface area contributed by atoms with Gasteiger partial charge < -0.3 is 0 Å². The minimum Gasteiger partial charge on any atom is -0.223 e. The van der Waals surface area contributed by atoms with E-state index in [9.17, 15) is 8.42 Å². The molecular formula is C16H10Cl2N4O2S. The van der Waals surface area contributed by atoms with Gasteiger partial charge in [0.25, 0.3) is 0 Å². The summed E-state index contributed by atoms with van der Waals surface area (Å²) < 4.78 is 26.6. The second kappa shape index (κ2) is 5.94. The van der Waals surface area contributed by atoms with Gasteiger partial charge in [-0.2, -0.15) is 4.52 Å². The summed E-state index contributed by atoms with van der Waals surface area (Å²) in [4.78, 5) is 4.48. The summed E-state index contributed by atoms with van der Waals surface area (Å²) in [6.45, 7) is 0. The second-order valence-corrected chi connectivity index (χ2v) is 8.19. The summed E-state index contributed by atoms with van der Waals surface area (Å²) in [5.41, 5.74) is 1.19. The lowest BCUT2D eigenvalue weighted by Gasteiger charge is -2.05. The van der Waals surface area contributed by atoms with Crippen LogP contribution in [0.4, 0.5) is 0 Å². The van der Waals surface area contributed by atoms with Crippen molar-refractivity contribution < 1.29 is 8.42 Å². The molecule has 2 heterocycles. The molecule has 126 valence electrons. The van der Waals surface area contributed by atoms with Crippen LogP contribution in [0.3, 0.4) is 0 Å². The third kappa shape index (κ3) is 2.84. The van der Waals surface area contributed by atoms with Crippen molar-refractivity contribution in [1.82, 2.24) is 19.8 Å². The van der Waals surface area contributed by atoms with Crippen molar-refractivity contribution in [2.75, 3.05) is 0 Å². The van der Waals surface area contributed by atoms with Crippen LogP contribution in [-0.2, 0) is 15.6 Å². The van der Waals surface area contributed by atoms with Gasteiger partial charge in [0.15, 0.2) is 15.5 Å². The van der Waals surface area contributed by atoms with Crippen LogP contribution >= 0.6 is 23.2 Å². The van der Waals surface area contributed by atoms with Gasteiger partial charge in [0.05, 0.1) is 10.4 Å². The fourth-order valence-corrected chi connectivity index (χ4v) is 4.27. The lowest BCUT2D eigenvalue weighted by molar-refractivity contribution is 0.594. The Morgan fingerprint density at radius 3 is 2.56 bits per heavy atom. The highest BCUT2D eigenvalue weighted by atomic mass is 35.5. The second-order valence-electron chi connectivity index (χ2n) is 5.41. The fraction of sp³-hybridized carbons (Fsp3) is 0.0625. The molecule has 0 saturated heterocycles. The molecule has 0 aliphatic heterocycles. The molecule has 0 spiro atoms. The maximum Gasteiger partial charge on any atom is 0.184 e. The molecule has 2 aromatic heterocycles. The van der Waals surface area contributed by atoms with Crippen molar-refractivity contribution in [3.8, 4) is 0 Å². The molecule has 0 fully saturated rings. The highest BCUT2D eigenvalue weighted by Gasteiger charge is 2.21. The van der Waals surface area contributed by atoms with Gasteiger partial charge in [0, 0.05) is 10.4 Å². The Kier molecular flexibility index (Phi) is 3.87. The van der Waals surface area contributed by atoms with E-state index in [0.29, 0.717) is 21.6 Å². The third-order valence-electron chi connectivity index (χ3n) is 3.76. The van der Waals surface area contributed by atoms with E-state index in [-0.39, 0.29) is 21.5 Å². The molecule has 0 aliphatic carbocycles. The van der Waals surface area contributed by atoms with Gasteiger partial charge in [-0.1, -0.05) is 46.6 Å². The zero-order valence-electron chi connectivity index (χ0n) is 12.6. The van der Waals surface area contributed by atoms with Crippen molar-refractivity contribution in [2.24, 2.45) is 0 Å². The molecule has 0 aliphatic rings. The van der Waals surface area contributed by atoms with Gasteiger partial charge in [-0.05, 0) is 30.3 Å². The van der Waals surface area contributed by atoms with E-state index in [4.69, 9.17) is 23.2 Å². The van der Waals surface area contributed by atoms with Crippen LogP contribution in [0.1, 0.15) is 5.69 Å². The summed E-state index contributed by atoms with van der Waals surface area (Å²) in [6, 6.07) is 13.3.